The summed E-state index contributed by atoms with van der Waals surface area (Å²) < 4.78 is 50.6. The van der Waals surface area contributed by atoms with E-state index in [1.165, 1.54) is 0 Å². The molecule has 1 aliphatic carbocycles. The van der Waals surface area contributed by atoms with Crippen molar-refractivity contribution < 1.29 is 16.8 Å². The van der Waals surface area contributed by atoms with Crippen LogP contribution < -0.4 is 9.86 Å². The van der Waals surface area contributed by atoms with Gasteiger partial charge in [0.15, 0.2) is 0 Å². The van der Waals surface area contributed by atoms with Gasteiger partial charge in [0.1, 0.15) is 0 Å². The molecule has 0 aromatic rings. The average molecular weight is 325 g/mol. The zero-order valence-corrected chi connectivity index (χ0v) is 13.1. The second-order valence-corrected chi connectivity index (χ2v) is 9.30. The highest BCUT2D eigenvalue weighted by atomic mass is 32.2. The number of sulfonamides is 1. The van der Waals surface area contributed by atoms with Crippen LogP contribution in [-0.4, -0.2) is 46.0 Å². The molecule has 118 valence electrons. The second-order valence-electron chi connectivity index (χ2n) is 5.71. The zero-order valence-electron chi connectivity index (χ0n) is 11.5. The van der Waals surface area contributed by atoms with Crippen LogP contribution in [0.4, 0.5) is 0 Å². The van der Waals surface area contributed by atoms with Gasteiger partial charge in [-0.05, 0) is 31.6 Å². The van der Waals surface area contributed by atoms with Crippen LogP contribution in [0.2, 0.25) is 0 Å². The third kappa shape index (κ3) is 4.14. The first kappa shape index (κ1) is 16.2. The van der Waals surface area contributed by atoms with Gasteiger partial charge in [0.2, 0.25) is 10.0 Å². The first-order valence-electron chi connectivity index (χ1n) is 7.05. The molecule has 9 heteroatoms. The molecule has 0 aromatic heterocycles. The Morgan fingerprint density at radius 2 is 1.70 bits per heavy atom. The van der Waals surface area contributed by atoms with Gasteiger partial charge in [0, 0.05) is 19.6 Å². The highest BCUT2D eigenvalue weighted by molar-refractivity contribution is 7.89. The van der Waals surface area contributed by atoms with Gasteiger partial charge in [-0.1, -0.05) is 12.8 Å². The molecule has 2 aliphatic rings. The molecule has 20 heavy (non-hydrogen) atoms. The normalized spacial score (nSPS) is 26.9. The van der Waals surface area contributed by atoms with E-state index in [-0.39, 0.29) is 17.7 Å². The van der Waals surface area contributed by atoms with Gasteiger partial charge in [0.25, 0.3) is 10.2 Å². The predicted octanol–water partition coefficient (Wildman–Crippen LogP) is -0.236. The summed E-state index contributed by atoms with van der Waals surface area (Å²) in [6.45, 7) is 1.14. The predicted molar refractivity (Wildman–Crippen MR) is 76.6 cm³/mol. The fourth-order valence-corrected chi connectivity index (χ4v) is 5.68. The van der Waals surface area contributed by atoms with Crippen molar-refractivity contribution in [2.75, 3.05) is 19.6 Å². The Hall–Kier alpha value is -0.220. The Labute approximate surface area is 121 Å². The third-order valence-electron chi connectivity index (χ3n) is 4.14. The first-order chi connectivity index (χ1) is 9.29. The Morgan fingerprint density at radius 3 is 2.30 bits per heavy atom. The lowest BCUT2D eigenvalue weighted by atomic mass is 10.0. The van der Waals surface area contributed by atoms with E-state index in [2.05, 4.69) is 4.72 Å². The molecule has 0 aromatic carbocycles. The highest BCUT2D eigenvalue weighted by Gasteiger charge is 2.36. The maximum absolute atomic E-state index is 12.5. The molecule has 0 spiro atoms. The monoisotopic (exact) mass is 325 g/mol. The quantitative estimate of drug-likeness (QED) is 0.727. The molecule has 7 nitrogen and oxygen atoms in total. The molecule has 2 fully saturated rings. The number of nitrogens with zero attached hydrogens (tertiary/aromatic N) is 1. The molecular weight excluding hydrogens is 302 g/mol. The van der Waals surface area contributed by atoms with Crippen molar-refractivity contribution in [3.05, 3.63) is 0 Å². The van der Waals surface area contributed by atoms with Gasteiger partial charge in [-0.3, -0.25) is 0 Å². The van der Waals surface area contributed by atoms with Crippen LogP contribution in [0.1, 0.15) is 38.5 Å². The van der Waals surface area contributed by atoms with E-state index in [9.17, 15) is 16.8 Å². The molecule has 1 aliphatic heterocycles. The largest absolute Gasteiger partial charge is 0.274 e. The molecule has 1 saturated carbocycles. The van der Waals surface area contributed by atoms with Crippen LogP contribution in [0.15, 0.2) is 0 Å². The van der Waals surface area contributed by atoms with Crippen LogP contribution in [0, 0.1) is 5.92 Å². The van der Waals surface area contributed by atoms with E-state index in [4.69, 9.17) is 5.14 Å². The van der Waals surface area contributed by atoms with E-state index in [0.29, 0.717) is 13.1 Å². The molecule has 0 radical (unpaired) electrons. The molecule has 2 rings (SSSR count). The van der Waals surface area contributed by atoms with Gasteiger partial charge in [0.05, 0.1) is 5.25 Å². The minimum absolute atomic E-state index is 0.00162. The molecule has 1 atom stereocenters. The maximum Gasteiger partial charge on any atom is 0.274 e. The lowest BCUT2D eigenvalue weighted by Gasteiger charge is -2.33. The van der Waals surface area contributed by atoms with Crippen LogP contribution in [0.25, 0.3) is 0 Å². The van der Waals surface area contributed by atoms with Crippen LogP contribution >= 0.6 is 0 Å². The van der Waals surface area contributed by atoms with Gasteiger partial charge in [-0.2, -0.15) is 8.42 Å². The summed E-state index contributed by atoms with van der Waals surface area (Å²) in [5, 5.41) is 4.66. The van der Waals surface area contributed by atoms with Crippen molar-refractivity contribution in [3.63, 3.8) is 0 Å². The highest BCUT2D eigenvalue weighted by Crippen LogP contribution is 2.29. The minimum Gasteiger partial charge on any atom is -0.216 e. The van der Waals surface area contributed by atoms with E-state index >= 15 is 0 Å². The summed E-state index contributed by atoms with van der Waals surface area (Å²) in [7, 11) is -6.93. The van der Waals surface area contributed by atoms with E-state index < -0.39 is 20.2 Å². The Bertz CT molecular complexity index is 526. The van der Waals surface area contributed by atoms with Crippen LogP contribution in [-0.2, 0) is 20.2 Å². The topological polar surface area (TPSA) is 110 Å². The van der Waals surface area contributed by atoms with E-state index in [0.717, 1.165) is 38.5 Å². The third-order valence-corrected chi connectivity index (χ3v) is 7.07. The lowest BCUT2D eigenvalue weighted by molar-refractivity contribution is 0.265. The summed E-state index contributed by atoms with van der Waals surface area (Å²) in [6.07, 6.45) is 5.04. The Balaban J connectivity index is 1.96. The molecule has 1 saturated heterocycles. The SMILES string of the molecule is NS(=O)(=O)NCC1CCCN(S(=O)(=O)C2CCCC2)C1. The standard InChI is InChI=1S/C11H23N3O4S2/c12-20(17,18)13-8-10-4-3-7-14(9-10)19(15,16)11-5-1-2-6-11/h10-11,13H,1-9H2,(H2,12,17,18). The molecule has 1 unspecified atom stereocenters. The minimum atomic E-state index is -3.71. The molecule has 3 N–H and O–H groups in total. The Kier molecular flexibility index (Phi) is 5.06. The average Bonchev–Trinajstić information content (AvgIpc) is 2.90. The summed E-state index contributed by atoms with van der Waals surface area (Å²) in [4.78, 5) is 0. The van der Waals surface area contributed by atoms with Gasteiger partial charge in [-0.15, -0.1) is 0 Å². The smallest absolute Gasteiger partial charge is 0.216 e. The molecule has 0 amide bonds. The number of piperidine rings is 1. The van der Waals surface area contributed by atoms with Crippen LogP contribution in [0.5, 0.6) is 0 Å². The number of hydrogen-bond acceptors (Lipinski definition) is 4. The van der Waals surface area contributed by atoms with Crippen LogP contribution in [0.3, 0.4) is 0 Å². The van der Waals surface area contributed by atoms with Crippen molar-refractivity contribution in [2.45, 2.75) is 43.8 Å². The lowest BCUT2D eigenvalue weighted by Crippen LogP contribution is -2.47. The number of hydrogen-bond donors (Lipinski definition) is 2. The summed E-state index contributed by atoms with van der Waals surface area (Å²) >= 11 is 0. The van der Waals surface area contributed by atoms with Gasteiger partial charge < -0.3 is 0 Å². The molecular formula is C11H23N3O4S2. The Morgan fingerprint density at radius 1 is 1.05 bits per heavy atom. The maximum atomic E-state index is 12.5. The number of rotatable bonds is 5. The van der Waals surface area contributed by atoms with Crippen molar-refractivity contribution in [1.82, 2.24) is 9.03 Å². The zero-order chi connectivity index (χ0) is 14.8. The second kappa shape index (κ2) is 6.27. The molecule has 0 bridgehead atoms. The first-order valence-corrected chi connectivity index (χ1v) is 10.1. The number of nitrogens with one attached hydrogen (secondary N) is 1. The fraction of sp³-hybridized carbons (Fsp3) is 1.00. The summed E-state index contributed by atoms with van der Waals surface area (Å²) in [6, 6.07) is 0. The van der Waals surface area contributed by atoms with E-state index in [1.54, 1.807) is 4.31 Å². The molecule has 1 heterocycles. The van der Waals surface area contributed by atoms with Gasteiger partial charge >= 0.3 is 0 Å². The van der Waals surface area contributed by atoms with Gasteiger partial charge in [-0.25, -0.2) is 22.6 Å². The fourth-order valence-electron chi connectivity index (χ4n) is 3.06. The van der Waals surface area contributed by atoms with Crippen molar-refractivity contribution >= 4 is 20.2 Å². The van der Waals surface area contributed by atoms with E-state index in [1.807, 2.05) is 0 Å². The van der Waals surface area contributed by atoms with Crippen molar-refractivity contribution in [3.8, 4) is 0 Å². The number of nitrogens with two attached hydrogens (primary N) is 1. The van der Waals surface area contributed by atoms with Crippen molar-refractivity contribution in [2.24, 2.45) is 11.1 Å². The summed E-state index contributed by atoms with van der Waals surface area (Å²) in [5.74, 6) is -0.00162. The van der Waals surface area contributed by atoms with Crippen molar-refractivity contribution in [1.29, 1.82) is 0 Å². The summed E-state index contributed by atoms with van der Waals surface area (Å²) in [5.41, 5.74) is 0.